The van der Waals surface area contributed by atoms with Gasteiger partial charge in [0.2, 0.25) is 0 Å². The van der Waals surface area contributed by atoms with Crippen LogP contribution in [0.5, 0.6) is 0 Å². The number of nitro groups is 3. The van der Waals surface area contributed by atoms with E-state index in [1.165, 1.54) is 49.7 Å². The Bertz CT molecular complexity index is 4900. The average molecular weight is 1370 g/mol. The standard InChI is InChI=1S/C26H23FN4O5.C24H29N5O5.C20H20N4O4S/c1-17-4-9-21-20(15-17)23(28-10-12-29(13-11-28)25(32)22-3-2-14-36-22)24(31(34)35)26(33)30(21)16-18-5-7-19(27)8-6-18;1-17-7-8-19-18(16-17)21(22(29(32)33)24(31)28(19)10-5-9-25(2)3)26-11-13-27(14-12-26)23(30)20-6-4-15-34-20;1-13-5-6-15-14(12-13)17(18(24(27)28)20(26)21(15)2)22-7-9-23(10-8-22)19(25)16-4-3-11-29-16/h2-9,14-15H,10-13,16H2,1H3;4,6-8,15-16H,5,9-14H2,1-3H3;3-6,11-12H,7-10H2,1-2H3. The van der Waals surface area contributed by atoms with E-state index in [0.717, 1.165) is 23.2 Å². The number of hydrogen-bond donors (Lipinski definition) is 0. The molecule has 0 N–H and O–H groups in total. The predicted molar refractivity (Wildman–Crippen MR) is 375 cm³/mol. The zero-order valence-corrected chi connectivity index (χ0v) is 56.1. The molecule has 0 spiro atoms. The van der Waals surface area contributed by atoms with Crippen LogP contribution in [0.2, 0.25) is 0 Å². The molecule has 0 saturated carbocycles. The molecule has 29 heteroatoms. The van der Waals surface area contributed by atoms with Gasteiger partial charge < -0.3 is 52.3 Å². The normalized spacial score (nSPS) is 14.1. The Kier molecular flexibility index (Phi) is 20.6. The van der Waals surface area contributed by atoms with Gasteiger partial charge in [-0.15, -0.1) is 11.3 Å². The molecule has 10 aromatic rings. The van der Waals surface area contributed by atoms with Gasteiger partial charge in [0.05, 0.1) is 55.3 Å². The molecule has 514 valence electrons. The van der Waals surface area contributed by atoms with Gasteiger partial charge in [-0.3, -0.25) is 63.7 Å². The topological polar surface area (TPSA) is 296 Å². The number of benzene rings is 4. The Morgan fingerprint density at radius 2 is 0.919 bits per heavy atom. The number of anilines is 3. The van der Waals surface area contributed by atoms with E-state index in [9.17, 15) is 63.5 Å². The summed E-state index contributed by atoms with van der Waals surface area (Å²) in [6, 6.07) is 32.5. The lowest BCUT2D eigenvalue weighted by Crippen LogP contribution is -2.49. The lowest BCUT2D eigenvalue weighted by atomic mass is 10.1. The zero-order chi connectivity index (χ0) is 70.5. The largest absolute Gasteiger partial charge is 0.459 e. The molecule has 13 rings (SSSR count). The fraction of sp³-hybridized carbons (Fsp3) is 0.314. The second-order valence-corrected chi connectivity index (χ2v) is 25.6. The molecule has 27 nitrogen and oxygen atoms in total. The van der Waals surface area contributed by atoms with Crippen LogP contribution in [0.4, 0.5) is 38.5 Å². The molecule has 0 radical (unpaired) electrons. The van der Waals surface area contributed by atoms with Crippen LogP contribution < -0.4 is 31.4 Å². The Morgan fingerprint density at radius 3 is 1.32 bits per heavy atom. The van der Waals surface area contributed by atoms with E-state index in [1.807, 2.05) is 110 Å². The summed E-state index contributed by atoms with van der Waals surface area (Å²) in [7, 11) is 5.45. The summed E-state index contributed by atoms with van der Waals surface area (Å²) < 4.78 is 28.0. The number of carbonyl (C=O) groups is 3. The number of pyridine rings is 3. The summed E-state index contributed by atoms with van der Waals surface area (Å²) in [6.07, 6.45) is 3.58. The highest BCUT2D eigenvalue weighted by atomic mass is 32.1. The summed E-state index contributed by atoms with van der Waals surface area (Å²) in [4.78, 5) is 125. The minimum absolute atomic E-state index is 0.0289. The minimum atomic E-state index is -0.732. The third-order valence-electron chi connectivity index (χ3n) is 17.9. The minimum Gasteiger partial charge on any atom is -0.459 e. The van der Waals surface area contributed by atoms with Crippen LogP contribution in [0.15, 0.2) is 156 Å². The molecule has 4 aromatic carbocycles. The third-order valence-corrected chi connectivity index (χ3v) is 18.7. The third kappa shape index (κ3) is 14.5. The number of aryl methyl sites for hydroxylation is 5. The highest BCUT2D eigenvalue weighted by molar-refractivity contribution is 7.12. The van der Waals surface area contributed by atoms with E-state index in [-0.39, 0.29) is 41.5 Å². The Morgan fingerprint density at radius 1 is 0.515 bits per heavy atom. The SMILES string of the molecule is Cc1ccc2c(c1)c(N1CCN(C(=O)c3ccco3)CC1)c([N+](=O)[O-])c(=O)n2CCCN(C)C.Cc1ccc2c(c1)c(N1CCN(C(=O)c3ccco3)CC1)c([N+](=O)[O-])c(=O)n2Cc1ccc(F)cc1.Cc1ccc2c(c1)c(N1CCN(C(=O)c3cccs3)CC1)c([N+](=O)[O-])c(=O)n2C. The average Bonchev–Trinajstić information content (AvgIpc) is 1.76. The maximum Gasteiger partial charge on any atom is 0.357 e. The van der Waals surface area contributed by atoms with Crippen molar-refractivity contribution in [1.29, 1.82) is 0 Å². The molecule has 0 bridgehead atoms. The van der Waals surface area contributed by atoms with E-state index in [1.54, 1.807) is 75.2 Å². The molecule has 3 aliphatic rings. The van der Waals surface area contributed by atoms with Crippen molar-refractivity contribution < 1.29 is 42.4 Å². The number of nitrogens with zero attached hydrogens (tertiary/aromatic N) is 13. The molecule has 6 aromatic heterocycles. The highest BCUT2D eigenvalue weighted by Gasteiger charge is 2.37. The van der Waals surface area contributed by atoms with Gasteiger partial charge in [-0.25, -0.2) is 4.39 Å². The highest BCUT2D eigenvalue weighted by Crippen LogP contribution is 2.39. The molecule has 0 unspecified atom stereocenters. The predicted octanol–water partition coefficient (Wildman–Crippen LogP) is 9.47. The molecule has 9 heterocycles. The first-order valence-corrected chi connectivity index (χ1v) is 32.9. The summed E-state index contributed by atoms with van der Waals surface area (Å²) in [6.45, 7) is 11.4. The zero-order valence-electron chi connectivity index (χ0n) is 55.3. The number of amides is 3. The number of thiophene rings is 1. The van der Waals surface area contributed by atoms with Gasteiger partial charge in [-0.2, -0.15) is 0 Å². The fourth-order valence-electron chi connectivity index (χ4n) is 12.9. The summed E-state index contributed by atoms with van der Waals surface area (Å²) in [5.41, 5.74) is 2.97. The monoisotopic (exact) mass is 1370 g/mol. The summed E-state index contributed by atoms with van der Waals surface area (Å²) in [5, 5.41) is 40.0. The van der Waals surface area contributed by atoms with Crippen molar-refractivity contribution in [3.63, 3.8) is 0 Å². The van der Waals surface area contributed by atoms with Gasteiger partial charge in [0.1, 0.15) is 22.9 Å². The lowest BCUT2D eigenvalue weighted by molar-refractivity contribution is -0.385. The lowest BCUT2D eigenvalue weighted by Gasteiger charge is -2.36. The maximum atomic E-state index is 13.5. The first kappa shape index (κ1) is 69.0. The summed E-state index contributed by atoms with van der Waals surface area (Å²) in [5.74, 6) is -0.392. The van der Waals surface area contributed by atoms with Crippen molar-refractivity contribution >= 4 is 95.9 Å². The van der Waals surface area contributed by atoms with E-state index < -0.39 is 54.3 Å². The Hall–Kier alpha value is -11.3. The van der Waals surface area contributed by atoms with Crippen LogP contribution in [-0.4, -0.2) is 165 Å². The van der Waals surface area contributed by atoms with Gasteiger partial charge in [0, 0.05) is 108 Å². The second kappa shape index (κ2) is 29.6. The maximum absolute atomic E-state index is 13.5. The number of aromatic nitrogens is 3. The molecule has 3 amide bonds. The van der Waals surface area contributed by atoms with Crippen molar-refractivity contribution in [2.45, 2.75) is 40.3 Å². The van der Waals surface area contributed by atoms with Gasteiger partial charge >= 0.3 is 33.7 Å². The van der Waals surface area contributed by atoms with Crippen molar-refractivity contribution in [2.75, 3.05) is 114 Å². The molecular weight excluding hydrogens is 1300 g/mol. The van der Waals surface area contributed by atoms with Crippen molar-refractivity contribution in [3.8, 4) is 0 Å². The first-order chi connectivity index (χ1) is 47.5. The van der Waals surface area contributed by atoms with Crippen LogP contribution >= 0.6 is 11.3 Å². The van der Waals surface area contributed by atoms with Crippen LogP contribution in [0.3, 0.4) is 0 Å². The number of piperazine rings is 3. The van der Waals surface area contributed by atoms with Crippen molar-refractivity contribution in [3.05, 3.63) is 239 Å². The summed E-state index contributed by atoms with van der Waals surface area (Å²) >= 11 is 1.40. The van der Waals surface area contributed by atoms with Crippen LogP contribution in [0.25, 0.3) is 32.7 Å². The van der Waals surface area contributed by atoms with Gasteiger partial charge in [0.25, 0.3) is 17.7 Å². The van der Waals surface area contributed by atoms with Gasteiger partial charge in [-0.1, -0.05) is 53.1 Å². The van der Waals surface area contributed by atoms with Crippen molar-refractivity contribution in [1.82, 2.24) is 33.3 Å². The van der Waals surface area contributed by atoms with E-state index in [2.05, 4.69) is 0 Å². The van der Waals surface area contributed by atoms with E-state index in [4.69, 9.17) is 8.83 Å². The quantitative estimate of drug-likeness (QED) is 0.0681. The smallest absolute Gasteiger partial charge is 0.357 e. The van der Waals surface area contributed by atoms with Crippen molar-refractivity contribution in [2.24, 2.45) is 7.05 Å². The molecule has 0 atom stereocenters. The molecule has 3 fully saturated rings. The molecule has 3 saturated heterocycles. The number of furan rings is 2. The number of hydrogen-bond acceptors (Lipinski definition) is 19. The molecule has 0 aliphatic carbocycles. The molecular formula is C70H72FN13O14S. The Balaban J connectivity index is 0.000000151. The van der Waals surface area contributed by atoms with Crippen LogP contribution in [0.1, 0.15) is 59.5 Å². The van der Waals surface area contributed by atoms with E-state index in [0.29, 0.717) is 146 Å². The Labute approximate surface area is 569 Å². The molecule has 99 heavy (non-hydrogen) atoms. The second-order valence-electron chi connectivity index (χ2n) is 24.7. The van der Waals surface area contributed by atoms with Gasteiger partial charge in [0.15, 0.2) is 11.5 Å². The number of halogens is 1. The number of carbonyl (C=O) groups excluding carboxylic acids is 3. The fourth-order valence-corrected chi connectivity index (χ4v) is 13.6. The van der Waals surface area contributed by atoms with Crippen LogP contribution in [-0.2, 0) is 20.1 Å². The first-order valence-electron chi connectivity index (χ1n) is 32.0. The number of fused-ring (bicyclic) bond motifs is 3. The van der Waals surface area contributed by atoms with E-state index >= 15 is 0 Å². The van der Waals surface area contributed by atoms with Gasteiger partial charge in [-0.05, 0) is 138 Å². The van der Waals surface area contributed by atoms with Crippen LogP contribution in [0, 0.1) is 56.9 Å². The number of rotatable bonds is 15. The molecule has 3 aliphatic heterocycles.